The van der Waals surface area contributed by atoms with Crippen molar-refractivity contribution in [1.82, 2.24) is 0 Å². The second-order valence-corrected chi connectivity index (χ2v) is 7.84. The first-order valence-electron chi connectivity index (χ1n) is 10.3. The van der Waals surface area contributed by atoms with Crippen LogP contribution in [-0.4, -0.2) is 18.4 Å². The van der Waals surface area contributed by atoms with Gasteiger partial charge in [-0.05, 0) is 65.4 Å². The summed E-state index contributed by atoms with van der Waals surface area (Å²) in [7, 11) is 1.54. The highest BCUT2D eigenvalue weighted by molar-refractivity contribution is 5.83. The number of fused-ring (bicyclic) bond motifs is 3. The van der Waals surface area contributed by atoms with Crippen LogP contribution in [0.5, 0.6) is 11.5 Å². The van der Waals surface area contributed by atoms with Gasteiger partial charge in [-0.2, -0.15) is 0 Å². The molecule has 0 spiro atoms. The average Bonchev–Trinajstić information content (AvgIpc) is 3.29. The number of ether oxygens (including phenoxy) is 1. The Morgan fingerprint density at radius 1 is 1.07 bits per heavy atom. The summed E-state index contributed by atoms with van der Waals surface area (Å²) in [4.78, 5) is 4.58. The van der Waals surface area contributed by atoms with E-state index in [1.54, 1.807) is 18.3 Å². The van der Waals surface area contributed by atoms with Crippen LogP contribution in [-0.2, 0) is 0 Å². The molecule has 0 radical (unpaired) electrons. The van der Waals surface area contributed by atoms with Gasteiger partial charge in [-0.1, -0.05) is 42.5 Å². The molecule has 3 aromatic rings. The lowest BCUT2D eigenvalue weighted by Crippen LogP contribution is -2.28. The third-order valence-corrected chi connectivity index (χ3v) is 6.09. The number of anilines is 1. The number of phenols is 1. The van der Waals surface area contributed by atoms with Crippen LogP contribution in [0.3, 0.4) is 0 Å². The van der Waals surface area contributed by atoms with Crippen LogP contribution in [0.25, 0.3) is 0 Å². The zero-order valence-corrected chi connectivity index (χ0v) is 16.8. The number of benzene rings is 3. The SMILES string of the molecule is COc1cc(C=Nc2ccc([C@@H]3Nc4ccccc4[C@@H]4C=CC[C@H]43)cc2)ccc1O. The molecule has 0 saturated heterocycles. The molecule has 30 heavy (non-hydrogen) atoms. The number of hydrogen-bond acceptors (Lipinski definition) is 4. The Balaban J connectivity index is 1.37. The van der Waals surface area contributed by atoms with E-state index >= 15 is 0 Å². The topological polar surface area (TPSA) is 53.8 Å². The van der Waals surface area contributed by atoms with Crippen LogP contribution >= 0.6 is 0 Å². The summed E-state index contributed by atoms with van der Waals surface area (Å²) in [6, 6.07) is 22.6. The Morgan fingerprint density at radius 3 is 2.73 bits per heavy atom. The van der Waals surface area contributed by atoms with Gasteiger partial charge in [0.15, 0.2) is 11.5 Å². The number of phenolic OH excluding ortho intramolecular Hbond substituents is 1. The molecule has 0 unspecified atom stereocenters. The number of rotatable bonds is 4. The monoisotopic (exact) mass is 396 g/mol. The van der Waals surface area contributed by atoms with Crippen molar-refractivity contribution in [2.45, 2.75) is 18.4 Å². The second-order valence-electron chi connectivity index (χ2n) is 7.84. The first-order valence-corrected chi connectivity index (χ1v) is 10.3. The van der Waals surface area contributed by atoms with Crippen LogP contribution in [0.2, 0.25) is 0 Å². The second kappa shape index (κ2) is 7.71. The number of allylic oxidation sites excluding steroid dienone is 2. The lowest BCUT2D eigenvalue weighted by Gasteiger charge is -2.37. The van der Waals surface area contributed by atoms with Crippen LogP contribution in [0.15, 0.2) is 83.9 Å². The minimum atomic E-state index is 0.125. The zero-order valence-electron chi connectivity index (χ0n) is 16.8. The van der Waals surface area contributed by atoms with E-state index in [0.717, 1.165) is 17.7 Å². The van der Waals surface area contributed by atoms with Crippen molar-refractivity contribution in [3.05, 3.63) is 95.6 Å². The van der Waals surface area contributed by atoms with Gasteiger partial charge in [-0.15, -0.1) is 0 Å². The average molecular weight is 396 g/mol. The van der Waals surface area contributed by atoms with E-state index in [2.05, 4.69) is 71.0 Å². The summed E-state index contributed by atoms with van der Waals surface area (Å²) < 4.78 is 5.16. The molecule has 5 rings (SSSR count). The van der Waals surface area contributed by atoms with Gasteiger partial charge >= 0.3 is 0 Å². The predicted molar refractivity (Wildman–Crippen MR) is 121 cm³/mol. The van der Waals surface area contributed by atoms with Crippen molar-refractivity contribution >= 4 is 17.6 Å². The van der Waals surface area contributed by atoms with Crippen molar-refractivity contribution in [3.63, 3.8) is 0 Å². The Labute approximate surface area is 176 Å². The molecule has 150 valence electrons. The van der Waals surface area contributed by atoms with Crippen molar-refractivity contribution in [2.24, 2.45) is 10.9 Å². The molecule has 1 aliphatic carbocycles. The number of aliphatic imine (C=N–C) groups is 1. The summed E-state index contributed by atoms with van der Waals surface area (Å²) in [6.45, 7) is 0. The number of aromatic hydroxyl groups is 1. The first kappa shape index (κ1) is 18.5. The summed E-state index contributed by atoms with van der Waals surface area (Å²) in [6.07, 6.45) is 7.56. The van der Waals surface area contributed by atoms with E-state index in [4.69, 9.17) is 4.74 Å². The Morgan fingerprint density at radius 2 is 1.90 bits per heavy atom. The molecular weight excluding hydrogens is 372 g/mol. The molecular formula is C26H24N2O2. The number of nitrogens with zero attached hydrogens (tertiary/aromatic N) is 1. The lowest BCUT2D eigenvalue weighted by molar-refractivity contribution is 0.373. The zero-order chi connectivity index (χ0) is 20.5. The van der Waals surface area contributed by atoms with Crippen molar-refractivity contribution in [3.8, 4) is 11.5 Å². The fraction of sp³-hybridized carbons (Fsp3) is 0.192. The highest BCUT2D eigenvalue weighted by Gasteiger charge is 2.37. The van der Waals surface area contributed by atoms with Gasteiger partial charge in [0, 0.05) is 17.8 Å². The molecule has 0 amide bonds. The van der Waals surface area contributed by atoms with E-state index in [1.165, 1.54) is 23.9 Å². The number of hydrogen-bond donors (Lipinski definition) is 2. The smallest absolute Gasteiger partial charge is 0.161 e. The fourth-order valence-corrected chi connectivity index (χ4v) is 4.56. The lowest BCUT2D eigenvalue weighted by atomic mass is 9.77. The third kappa shape index (κ3) is 3.35. The molecule has 0 saturated carbocycles. The van der Waals surface area contributed by atoms with Crippen molar-refractivity contribution < 1.29 is 9.84 Å². The van der Waals surface area contributed by atoms with Gasteiger partial charge in [-0.25, -0.2) is 0 Å². The standard InChI is InChI=1S/C26H24N2O2/c1-30-25-15-17(9-14-24(25)29)16-27-19-12-10-18(11-13-19)26-22-7-4-6-20(22)21-5-2-3-8-23(21)28-26/h2-6,8-16,20,22,26,28-29H,7H2,1H3/t20-,22+,26-/m0/s1. The Hall–Kier alpha value is -3.53. The molecule has 0 aromatic heterocycles. The van der Waals surface area contributed by atoms with Gasteiger partial charge in [-0.3, -0.25) is 4.99 Å². The molecule has 3 atom stereocenters. The fourth-order valence-electron chi connectivity index (χ4n) is 4.56. The van der Waals surface area contributed by atoms with Crippen LogP contribution in [0, 0.1) is 5.92 Å². The first-order chi connectivity index (χ1) is 14.7. The Bertz CT molecular complexity index is 1120. The van der Waals surface area contributed by atoms with Gasteiger partial charge in [0.1, 0.15) is 0 Å². The predicted octanol–water partition coefficient (Wildman–Crippen LogP) is 5.98. The molecule has 1 heterocycles. The molecule has 4 heteroatoms. The summed E-state index contributed by atoms with van der Waals surface area (Å²) >= 11 is 0. The number of para-hydroxylation sites is 1. The number of methoxy groups -OCH3 is 1. The summed E-state index contributed by atoms with van der Waals surface area (Å²) in [5, 5.41) is 13.5. The van der Waals surface area contributed by atoms with E-state index in [1.807, 2.05) is 6.07 Å². The van der Waals surface area contributed by atoms with Crippen molar-refractivity contribution in [1.29, 1.82) is 0 Å². The molecule has 3 aromatic carbocycles. The van der Waals surface area contributed by atoms with Crippen LogP contribution in [0.4, 0.5) is 11.4 Å². The maximum atomic E-state index is 9.72. The van der Waals surface area contributed by atoms with Gasteiger partial charge in [0.2, 0.25) is 0 Å². The quantitative estimate of drug-likeness (QED) is 0.421. The van der Waals surface area contributed by atoms with E-state index in [0.29, 0.717) is 23.6 Å². The normalized spacial score (nSPS) is 21.8. The highest BCUT2D eigenvalue weighted by atomic mass is 16.5. The van der Waals surface area contributed by atoms with Crippen LogP contribution < -0.4 is 10.1 Å². The maximum absolute atomic E-state index is 9.72. The molecule has 2 N–H and O–H groups in total. The molecule has 0 fully saturated rings. The Kier molecular flexibility index (Phi) is 4.75. The largest absolute Gasteiger partial charge is 0.504 e. The highest BCUT2D eigenvalue weighted by Crippen LogP contribution is 2.49. The molecule has 2 aliphatic rings. The van der Waals surface area contributed by atoms with Gasteiger partial charge in [0.05, 0.1) is 18.8 Å². The minimum Gasteiger partial charge on any atom is -0.504 e. The van der Waals surface area contributed by atoms with E-state index in [-0.39, 0.29) is 5.75 Å². The van der Waals surface area contributed by atoms with E-state index < -0.39 is 0 Å². The third-order valence-electron chi connectivity index (χ3n) is 6.09. The van der Waals surface area contributed by atoms with Gasteiger partial charge < -0.3 is 15.2 Å². The summed E-state index contributed by atoms with van der Waals surface area (Å²) in [5.74, 6) is 1.59. The van der Waals surface area contributed by atoms with Crippen LogP contribution in [0.1, 0.15) is 35.1 Å². The van der Waals surface area contributed by atoms with Gasteiger partial charge in [0.25, 0.3) is 0 Å². The number of nitrogens with one attached hydrogen (secondary N) is 1. The van der Waals surface area contributed by atoms with Crippen molar-refractivity contribution in [2.75, 3.05) is 12.4 Å². The maximum Gasteiger partial charge on any atom is 0.161 e. The molecule has 0 bridgehead atoms. The molecule has 4 nitrogen and oxygen atoms in total. The van der Waals surface area contributed by atoms with E-state index in [9.17, 15) is 5.11 Å². The summed E-state index contributed by atoms with van der Waals surface area (Å²) in [5.41, 5.74) is 5.69. The molecule has 1 aliphatic heterocycles. The minimum absolute atomic E-state index is 0.125.